The van der Waals surface area contributed by atoms with Crippen LogP contribution in [0.3, 0.4) is 0 Å². The lowest BCUT2D eigenvalue weighted by atomic mass is 9.80. The van der Waals surface area contributed by atoms with Crippen LogP contribution in [0.25, 0.3) is 0 Å². The van der Waals surface area contributed by atoms with Crippen LogP contribution in [-0.2, 0) is 29.3 Å². The molecule has 1 fully saturated rings. The number of methoxy groups -OCH3 is 2. The van der Waals surface area contributed by atoms with E-state index in [1.54, 1.807) is 14.2 Å². The number of benzene rings is 3. The number of H-pyrrole nitrogens is 1. The third-order valence-corrected chi connectivity index (χ3v) is 7.94. The summed E-state index contributed by atoms with van der Waals surface area (Å²) in [4.78, 5) is 26.8. The molecule has 1 aromatic heterocycles. The van der Waals surface area contributed by atoms with Crippen molar-refractivity contribution < 1.29 is 38.3 Å². The highest BCUT2D eigenvalue weighted by molar-refractivity contribution is 5.49. The Kier molecular flexibility index (Phi) is 11.8. The quantitative estimate of drug-likeness (QED) is 0.103. The number of aliphatic hydroxyl groups excluding tert-OH is 1. The summed E-state index contributed by atoms with van der Waals surface area (Å²) in [5, 5.41) is 20.2. The van der Waals surface area contributed by atoms with E-state index >= 15 is 0 Å². The maximum absolute atomic E-state index is 12.8. The van der Waals surface area contributed by atoms with Gasteiger partial charge in [-0.2, -0.15) is 5.26 Å². The smallest absolute Gasteiger partial charge is 0.330 e. The van der Waals surface area contributed by atoms with Crippen molar-refractivity contribution in [3.05, 3.63) is 129 Å². The average Bonchev–Trinajstić information content (AvgIpc) is 3.43. The number of aromatic amines is 1. The minimum atomic E-state index is -1.29. The van der Waals surface area contributed by atoms with E-state index in [1.165, 1.54) is 12.3 Å². The highest BCUT2D eigenvalue weighted by Gasteiger charge is 2.48. The minimum Gasteiger partial charge on any atom is -0.497 e. The first-order valence-corrected chi connectivity index (χ1v) is 15.2. The van der Waals surface area contributed by atoms with Crippen LogP contribution < -0.4 is 20.7 Å². The van der Waals surface area contributed by atoms with Gasteiger partial charge in [-0.05, 0) is 41.0 Å². The lowest BCUT2D eigenvalue weighted by Gasteiger charge is -2.37. The summed E-state index contributed by atoms with van der Waals surface area (Å²) in [7, 11) is 3.18. The molecule has 0 radical (unpaired) electrons. The molecule has 3 aromatic carbocycles. The molecule has 1 saturated heterocycles. The Labute approximate surface area is 276 Å². The molecule has 5 rings (SSSR count). The summed E-state index contributed by atoms with van der Waals surface area (Å²) < 4.78 is 41.6. The standard InChI is InChI=1S/C35H37N3O10/c1-42-27-13-9-25(10-14-27)35(24-7-4-3-5-8-24,26-11-15-28(43-2)16-12-26)47-21-29-31(40)32(46-23-45-22-44-20-6-18-36)33(48-29)38-19-17-30(39)37-34(38)41/h3-5,7-17,19,29,31-33,40H,6,20-23H2,1-2H3,(H,37,39,41)/t29-,31-,32-,33-/m1/s1. The molecule has 0 saturated carbocycles. The van der Waals surface area contributed by atoms with E-state index in [4.69, 9.17) is 38.4 Å². The lowest BCUT2D eigenvalue weighted by Crippen LogP contribution is -2.41. The number of aliphatic hydroxyl groups is 1. The van der Waals surface area contributed by atoms with Gasteiger partial charge < -0.3 is 38.3 Å². The fraction of sp³-hybridized carbons (Fsp3) is 0.343. The zero-order valence-electron chi connectivity index (χ0n) is 26.5. The number of aromatic nitrogens is 2. The first-order valence-electron chi connectivity index (χ1n) is 15.2. The van der Waals surface area contributed by atoms with Crippen molar-refractivity contribution in [2.24, 2.45) is 0 Å². The van der Waals surface area contributed by atoms with E-state index in [9.17, 15) is 14.7 Å². The number of nitriles is 1. The van der Waals surface area contributed by atoms with Crippen LogP contribution in [0.15, 0.2) is 101 Å². The molecule has 0 spiro atoms. The molecule has 4 atom stereocenters. The van der Waals surface area contributed by atoms with Gasteiger partial charge in [-0.15, -0.1) is 0 Å². The number of hydrogen-bond acceptors (Lipinski definition) is 11. The molecule has 13 heteroatoms. The van der Waals surface area contributed by atoms with Gasteiger partial charge in [-0.1, -0.05) is 54.6 Å². The van der Waals surface area contributed by atoms with Gasteiger partial charge in [0.25, 0.3) is 5.56 Å². The summed E-state index contributed by atoms with van der Waals surface area (Å²) in [5.74, 6) is 1.33. The summed E-state index contributed by atoms with van der Waals surface area (Å²) in [6.45, 7) is -0.428. The van der Waals surface area contributed by atoms with E-state index in [1.807, 2.05) is 84.9 Å². The van der Waals surface area contributed by atoms with E-state index in [2.05, 4.69) is 4.98 Å². The molecular weight excluding hydrogens is 622 g/mol. The fourth-order valence-electron chi connectivity index (χ4n) is 5.57. The number of rotatable bonds is 16. The zero-order valence-corrected chi connectivity index (χ0v) is 26.5. The van der Waals surface area contributed by atoms with Gasteiger partial charge >= 0.3 is 5.69 Å². The van der Waals surface area contributed by atoms with Crippen molar-refractivity contribution in [3.8, 4) is 17.6 Å². The van der Waals surface area contributed by atoms with Crippen molar-refractivity contribution in [3.63, 3.8) is 0 Å². The van der Waals surface area contributed by atoms with Gasteiger partial charge in [0, 0.05) is 12.3 Å². The molecule has 1 aliphatic rings. The van der Waals surface area contributed by atoms with E-state index in [0.717, 1.165) is 21.3 Å². The predicted molar refractivity (Wildman–Crippen MR) is 171 cm³/mol. The van der Waals surface area contributed by atoms with E-state index in [-0.39, 0.29) is 33.2 Å². The van der Waals surface area contributed by atoms with Crippen molar-refractivity contribution in [2.45, 2.75) is 36.6 Å². The molecule has 252 valence electrons. The van der Waals surface area contributed by atoms with Gasteiger partial charge in [-0.25, -0.2) is 4.79 Å². The molecule has 0 unspecified atom stereocenters. The van der Waals surface area contributed by atoms with Crippen LogP contribution >= 0.6 is 0 Å². The van der Waals surface area contributed by atoms with Gasteiger partial charge in [0.15, 0.2) is 6.23 Å². The summed E-state index contributed by atoms with van der Waals surface area (Å²) >= 11 is 0. The first-order chi connectivity index (χ1) is 23.4. The molecule has 48 heavy (non-hydrogen) atoms. The van der Waals surface area contributed by atoms with Crippen molar-refractivity contribution in [1.82, 2.24) is 9.55 Å². The Bertz CT molecular complexity index is 1710. The van der Waals surface area contributed by atoms with Crippen LogP contribution in [0.5, 0.6) is 11.5 Å². The minimum absolute atomic E-state index is 0.148. The SMILES string of the molecule is COc1ccc(C(OC[C@H]2O[C@@H](n3ccc(=O)[nH]c3=O)[C@H](OCOCOCCC#N)[C@@H]2O)(c2ccccc2)c2ccc(OC)cc2)cc1. The third kappa shape index (κ3) is 7.66. The lowest BCUT2D eigenvalue weighted by molar-refractivity contribution is -0.175. The topological polar surface area (TPSA) is 163 Å². The average molecular weight is 660 g/mol. The first kappa shape index (κ1) is 34.5. The molecule has 0 bridgehead atoms. The third-order valence-electron chi connectivity index (χ3n) is 7.94. The Balaban J connectivity index is 1.48. The fourth-order valence-corrected chi connectivity index (χ4v) is 5.57. The second-order valence-electron chi connectivity index (χ2n) is 10.8. The van der Waals surface area contributed by atoms with Gasteiger partial charge in [0.2, 0.25) is 0 Å². The summed E-state index contributed by atoms with van der Waals surface area (Å²) in [5.41, 5.74) is -0.173. The summed E-state index contributed by atoms with van der Waals surface area (Å²) in [6.07, 6.45) is -3.06. The normalized spacial score (nSPS) is 19.1. The maximum atomic E-state index is 12.8. The Hall–Kier alpha value is -4.81. The molecule has 1 aliphatic heterocycles. The largest absolute Gasteiger partial charge is 0.497 e. The number of ether oxygens (including phenoxy) is 7. The Morgan fingerprint density at radius 2 is 1.50 bits per heavy atom. The van der Waals surface area contributed by atoms with Crippen LogP contribution in [-0.4, -0.2) is 74.0 Å². The molecule has 4 aromatic rings. The Morgan fingerprint density at radius 1 is 0.875 bits per heavy atom. The second-order valence-corrected chi connectivity index (χ2v) is 10.8. The molecule has 13 nitrogen and oxygen atoms in total. The monoisotopic (exact) mass is 659 g/mol. The zero-order chi connectivity index (χ0) is 33.9. The molecule has 2 N–H and O–H groups in total. The number of hydrogen-bond donors (Lipinski definition) is 2. The molecule has 2 heterocycles. The highest BCUT2D eigenvalue weighted by Crippen LogP contribution is 2.43. The highest BCUT2D eigenvalue weighted by atomic mass is 16.7. The van der Waals surface area contributed by atoms with Gasteiger partial charge in [0.05, 0.1) is 39.9 Å². The number of nitrogens with one attached hydrogen (secondary N) is 1. The predicted octanol–water partition coefficient (Wildman–Crippen LogP) is 3.07. The number of nitrogens with zero attached hydrogens (tertiary/aromatic N) is 2. The van der Waals surface area contributed by atoms with Crippen LogP contribution in [0, 0.1) is 11.3 Å². The second kappa shape index (κ2) is 16.3. The van der Waals surface area contributed by atoms with E-state index in [0.29, 0.717) is 11.5 Å². The molecule has 0 amide bonds. The van der Waals surface area contributed by atoms with Crippen molar-refractivity contribution in [2.75, 3.05) is 41.0 Å². The van der Waals surface area contributed by atoms with Crippen LogP contribution in [0.1, 0.15) is 29.3 Å². The van der Waals surface area contributed by atoms with Crippen molar-refractivity contribution >= 4 is 0 Å². The van der Waals surface area contributed by atoms with Gasteiger partial charge in [-0.3, -0.25) is 14.3 Å². The molecule has 0 aliphatic carbocycles. The van der Waals surface area contributed by atoms with Crippen molar-refractivity contribution in [1.29, 1.82) is 5.26 Å². The summed E-state index contributed by atoms with van der Waals surface area (Å²) in [6, 6.07) is 27.8. The Morgan fingerprint density at radius 3 is 2.08 bits per heavy atom. The van der Waals surface area contributed by atoms with Gasteiger partial charge in [0.1, 0.15) is 49.0 Å². The maximum Gasteiger partial charge on any atom is 0.330 e. The van der Waals surface area contributed by atoms with E-state index < -0.39 is 41.4 Å². The van der Waals surface area contributed by atoms with Crippen LogP contribution in [0.4, 0.5) is 0 Å². The molecular formula is C35H37N3O10. The van der Waals surface area contributed by atoms with Crippen LogP contribution in [0.2, 0.25) is 0 Å².